The van der Waals surface area contributed by atoms with Gasteiger partial charge in [-0.1, -0.05) is 51.5 Å². The van der Waals surface area contributed by atoms with Crippen LogP contribution in [0.1, 0.15) is 88.2 Å². The maximum atomic E-state index is 13.7. The highest BCUT2D eigenvalue weighted by Gasteiger charge is 2.25. The quantitative estimate of drug-likeness (QED) is 0.548. The van der Waals surface area contributed by atoms with Crippen LogP contribution in [0.2, 0.25) is 0 Å². The molecule has 0 nitrogen and oxygen atoms in total. The SMILES string of the molecule is Cc1cc(C2CCC(CCC3CCC(C)CC3)CC2)cc(F)c1F. The molecule has 0 bridgehead atoms. The maximum absolute atomic E-state index is 13.7. The number of halogens is 2. The normalized spacial score (nSPS) is 31.2. The Kier molecular flexibility index (Phi) is 5.94. The topological polar surface area (TPSA) is 0 Å². The van der Waals surface area contributed by atoms with Gasteiger partial charge in [0, 0.05) is 0 Å². The van der Waals surface area contributed by atoms with Crippen molar-refractivity contribution in [3.8, 4) is 0 Å². The first kappa shape index (κ1) is 17.9. The van der Waals surface area contributed by atoms with Crippen molar-refractivity contribution in [1.82, 2.24) is 0 Å². The fraction of sp³-hybridized carbons (Fsp3) is 0.727. The lowest BCUT2D eigenvalue weighted by Gasteiger charge is -2.31. The van der Waals surface area contributed by atoms with E-state index in [0.717, 1.165) is 36.2 Å². The van der Waals surface area contributed by atoms with Crippen LogP contribution in [-0.2, 0) is 0 Å². The summed E-state index contributed by atoms with van der Waals surface area (Å²) in [7, 11) is 0. The smallest absolute Gasteiger partial charge is 0.161 e. The molecule has 0 heterocycles. The Morgan fingerprint density at radius 3 is 1.92 bits per heavy atom. The fourth-order valence-corrected chi connectivity index (χ4v) is 4.86. The molecule has 2 saturated carbocycles. The van der Waals surface area contributed by atoms with Crippen molar-refractivity contribution in [2.45, 2.75) is 84.0 Å². The van der Waals surface area contributed by atoms with Gasteiger partial charge >= 0.3 is 0 Å². The van der Waals surface area contributed by atoms with Gasteiger partial charge in [0.2, 0.25) is 0 Å². The van der Waals surface area contributed by atoms with Gasteiger partial charge in [0.25, 0.3) is 0 Å². The highest BCUT2D eigenvalue weighted by molar-refractivity contribution is 5.28. The summed E-state index contributed by atoms with van der Waals surface area (Å²) in [6, 6.07) is 3.28. The highest BCUT2D eigenvalue weighted by atomic mass is 19.2. The van der Waals surface area contributed by atoms with Crippen molar-refractivity contribution in [2.24, 2.45) is 17.8 Å². The van der Waals surface area contributed by atoms with E-state index in [1.165, 1.54) is 57.4 Å². The number of hydrogen-bond acceptors (Lipinski definition) is 0. The van der Waals surface area contributed by atoms with Gasteiger partial charge < -0.3 is 0 Å². The molecular weight excluding hydrogens is 302 g/mol. The average molecular weight is 334 g/mol. The molecule has 0 aromatic heterocycles. The van der Waals surface area contributed by atoms with Gasteiger partial charge in [-0.15, -0.1) is 0 Å². The Morgan fingerprint density at radius 2 is 1.38 bits per heavy atom. The fourth-order valence-electron chi connectivity index (χ4n) is 4.86. The summed E-state index contributed by atoms with van der Waals surface area (Å²) in [4.78, 5) is 0. The second-order valence-corrected chi connectivity index (χ2v) is 8.55. The van der Waals surface area contributed by atoms with Crippen LogP contribution in [0.15, 0.2) is 12.1 Å². The van der Waals surface area contributed by atoms with E-state index < -0.39 is 11.6 Å². The highest BCUT2D eigenvalue weighted by Crippen LogP contribution is 2.40. The van der Waals surface area contributed by atoms with Crippen LogP contribution in [-0.4, -0.2) is 0 Å². The first-order chi connectivity index (χ1) is 11.5. The van der Waals surface area contributed by atoms with Crippen molar-refractivity contribution in [3.05, 3.63) is 34.9 Å². The number of aryl methyl sites for hydroxylation is 1. The first-order valence-corrected chi connectivity index (χ1v) is 9.98. The lowest BCUT2D eigenvalue weighted by atomic mass is 9.74. The molecule has 0 atom stereocenters. The van der Waals surface area contributed by atoms with Crippen molar-refractivity contribution in [2.75, 3.05) is 0 Å². The molecule has 0 N–H and O–H groups in total. The van der Waals surface area contributed by atoms with Gasteiger partial charge in [-0.3, -0.25) is 0 Å². The minimum Gasteiger partial charge on any atom is -0.204 e. The average Bonchev–Trinajstić information content (AvgIpc) is 2.59. The Morgan fingerprint density at radius 1 is 0.833 bits per heavy atom. The predicted octanol–water partition coefficient (Wildman–Crippen LogP) is 7.15. The van der Waals surface area contributed by atoms with E-state index in [-0.39, 0.29) is 0 Å². The van der Waals surface area contributed by atoms with Crippen molar-refractivity contribution >= 4 is 0 Å². The molecule has 2 aliphatic carbocycles. The monoisotopic (exact) mass is 334 g/mol. The standard InChI is InChI=1S/C22H32F2/c1-15-3-5-17(6-4-15)7-8-18-9-11-19(12-10-18)20-13-16(2)22(24)21(23)14-20/h13-15,17-19H,3-12H2,1-2H3. The van der Waals surface area contributed by atoms with Crippen LogP contribution in [0.4, 0.5) is 8.78 Å². The molecule has 0 spiro atoms. The molecule has 134 valence electrons. The largest absolute Gasteiger partial charge is 0.204 e. The zero-order chi connectivity index (χ0) is 17.1. The zero-order valence-corrected chi connectivity index (χ0v) is 15.3. The Hall–Kier alpha value is -0.920. The number of benzene rings is 1. The van der Waals surface area contributed by atoms with Gasteiger partial charge in [-0.05, 0) is 73.5 Å². The van der Waals surface area contributed by atoms with E-state index in [2.05, 4.69) is 6.92 Å². The lowest BCUT2D eigenvalue weighted by molar-refractivity contribution is 0.237. The zero-order valence-electron chi connectivity index (χ0n) is 15.3. The van der Waals surface area contributed by atoms with Gasteiger partial charge in [0.15, 0.2) is 11.6 Å². The van der Waals surface area contributed by atoms with E-state index in [0.29, 0.717) is 11.5 Å². The minimum absolute atomic E-state index is 0.422. The molecule has 2 fully saturated rings. The molecule has 24 heavy (non-hydrogen) atoms. The Bertz CT molecular complexity index is 512. The molecule has 0 radical (unpaired) electrons. The van der Waals surface area contributed by atoms with Crippen LogP contribution in [0.25, 0.3) is 0 Å². The molecule has 0 amide bonds. The van der Waals surface area contributed by atoms with Crippen LogP contribution >= 0.6 is 0 Å². The summed E-state index contributed by atoms with van der Waals surface area (Å²) >= 11 is 0. The van der Waals surface area contributed by atoms with E-state index in [4.69, 9.17) is 0 Å². The van der Waals surface area contributed by atoms with Crippen molar-refractivity contribution in [3.63, 3.8) is 0 Å². The molecule has 0 unspecified atom stereocenters. The number of hydrogen-bond donors (Lipinski definition) is 0. The second-order valence-electron chi connectivity index (χ2n) is 8.55. The third-order valence-electron chi connectivity index (χ3n) is 6.67. The number of rotatable bonds is 4. The molecule has 3 rings (SSSR count). The minimum atomic E-state index is -0.686. The summed E-state index contributed by atoms with van der Waals surface area (Å²) in [6.45, 7) is 4.05. The maximum Gasteiger partial charge on any atom is 0.161 e. The first-order valence-electron chi connectivity index (χ1n) is 9.98. The summed E-state index contributed by atoms with van der Waals surface area (Å²) in [5.74, 6) is 1.81. The molecule has 0 aliphatic heterocycles. The van der Waals surface area contributed by atoms with E-state index in [1.54, 1.807) is 6.92 Å². The third kappa shape index (κ3) is 4.37. The van der Waals surface area contributed by atoms with Crippen molar-refractivity contribution < 1.29 is 8.78 Å². The molecule has 1 aromatic rings. The van der Waals surface area contributed by atoms with Crippen molar-refractivity contribution in [1.29, 1.82) is 0 Å². The summed E-state index contributed by atoms with van der Waals surface area (Å²) in [5, 5.41) is 0. The van der Waals surface area contributed by atoms with Gasteiger partial charge in [-0.2, -0.15) is 0 Å². The molecule has 2 aliphatic rings. The van der Waals surface area contributed by atoms with Crippen LogP contribution in [0.5, 0.6) is 0 Å². The molecule has 0 saturated heterocycles. The summed E-state index contributed by atoms with van der Waals surface area (Å²) < 4.78 is 27.1. The van der Waals surface area contributed by atoms with Crippen LogP contribution < -0.4 is 0 Å². The van der Waals surface area contributed by atoms with Crippen LogP contribution in [0, 0.1) is 36.3 Å². The molecular formula is C22H32F2. The molecule has 2 heteroatoms. The second kappa shape index (κ2) is 7.97. The van der Waals surface area contributed by atoms with Crippen LogP contribution in [0.3, 0.4) is 0 Å². The van der Waals surface area contributed by atoms with Gasteiger partial charge in [0.1, 0.15) is 0 Å². The Labute approximate surface area is 146 Å². The lowest BCUT2D eigenvalue weighted by Crippen LogP contribution is -2.17. The van der Waals surface area contributed by atoms with E-state index >= 15 is 0 Å². The van der Waals surface area contributed by atoms with Gasteiger partial charge in [0.05, 0.1) is 0 Å². The molecule has 1 aromatic carbocycles. The van der Waals surface area contributed by atoms with E-state index in [1.807, 2.05) is 6.07 Å². The summed E-state index contributed by atoms with van der Waals surface area (Å²) in [6.07, 6.45) is 13.3. The van der Waals surface area contributed by atoms with Gasteiger partial charge in [-0.25, -0.2) is 8.78 Å². The predicted molar refractivity (Wildman–Crippen MR) is 96.2 cm³/mol. The Balaban J connectivity index is 1.46. The summed E-state index contributed by atoms with van der Waals surface area (Å²) in [5.41, 5.74) is 1.45. The third-order valence-corrected chi connectivity index (χ3v) is 6.67. The van der Waals surface area contributed by atoms with E-state index in [9.17, 15) is 8.78 Å².